The molecule has 0 aliphatic carbocycles. The average Bonchev–Trinajstić information content (AvgIpc) is 2.60. The number of ether oxygens (including phenoxy) is 1. The number of alkyl halides is 3. The van der Waals surface area contributed by atoms with Gasteiger partial charge in [-0.05, 0) is 18.7 Å². The first kappa shape index (κ1) is 19.6. The summed E-state index contributed by atoms with van der Waals surface area (Å²) in [5.74, 6) is -2.81. The lowest BCUT2D eigenvalue weighted by atomic mass is 10.0. The van der Waals surface area contributed by atoms with Crippen molar-refractivity contribution in [2.24, 2.45) is 5.10 Å². The quantitative estimate of drug-likeness (QED) is 0.738. The fourth-order valence-corrected chi connectivity index (χ4v) is 4.02. The van der Waals surface area contributed by atoms with Crippen molar-refractivity contribution in [1.82, 2.24) is 5.01 Å². The molecule has 1 aliphatic rings. The van der Waals surface area contributed by atoms with Gasteiger partial charge in [0.1, 0.15) is 11.3 Å². The lowest BCUT2D eigenvalue weighted by molar-refractivity contribution is -0.188. The summed E-state index contributed by atoms with van der Waals surface area (Å²) in [4.78, 5) is 24.2. The van der Waals surface area contributed by atoms with E-state index in [0.29, 0.717) is 10.6 Å². The molecule has 1 aromatic rings. The fourth-order valence-electron chi connectivity index (χ4n) is 2.23. The maximum absolute atomic E-state index is 13.0. The van der Waals surface area contributed by atoms with Gasteiger partial charge in [-0.3, -0.25) is 9.59 Å². The molecule has 1 amide bonds. The molecule has 0 fully saturated rings. The number of amides is 1. The van der Waals surface area contributed by atoms with Gasteiger partial charge in [0.25, 0.3) is 0 Å². The molecule has 5 nitrogen and oxygen atoms in total. The van der Waals surface area contributed by atoms with Gasteiger partial charge in [-0.1, -0.05) is 42.1 Å². The Morgan fingerprint density at radius 2 is 1.96 bits per heavy atom. The molecular formula is C15H15F3N2O3S2. The van der Waals surface area contributed by atoms with Crippen LogP contribution >= 0.6 is 23.5 Å². The van der Waals surface area contributed by atoms with Crippen LogP contribution in [0.5, 0.6) is 0 Å². The van der Waals surface area contributed by atoms with Crippen LogP contribution in [0.2, 0.25) is 0 Å². The number of carbonyl (C=O) groups excluding carboxylic acids is 2. The SMILES string of the molecule is CCOC(=O)C1SC(SC)=NN(C(=O)C(F)(F)F)C1c1ccccc1. The third kappa shape index (κ3) is 4.49. The molecule has 0 saturated carbocycles. The van der Waals surface area contributed by atoms with Crippen LogP contribution in [-0.2, 0) is 14.3 Å². The normalized spacial score (nSPS) is 20.8. The van der Waals surface area contributed by atoms with Crippen molar-refractivity contribution in [3.05, 3.63) is 35.9 Å². The monoisotopic (exact) mass is 392 g/mol. The van der Waals surface area contributed by atoms with Gasteiger partial charge in [-0.15, -0.1) is 11.8 Å². The zero-order valence-corrected chi connectivity index (χ0v) is 15.0. The Morgan fingerprint density at radius 3 is 2.48 bits per heavy atom. The maximum atomic E-state index is 13.0. The molecule has 1 aromatic carbocycles. The molecule has 25 heavy (non-hydrogen) atoms. The van der Waals surface area contributed by atoms with Crippen LogP contribution in [0.3, 0.4) is 0 Å². The Balaban J connectivity index is 2.54. The van der Waals surface area contributed by atoms with Gasteiger partial charge in [-0.25, -0.2) is 5.01 Å². The predicted molar refractivity (Wildman–Crippen MR) is 91.0 cm³/mol. The van der Waals surface area contributed by atoms with Gasteiger partial charge in [0.05, 0.1) is 6.61 Å². The number of halogens is 3. The zero-order valence-electron chi connectivity index (χ0n) is 13.3. The van der Waals surface area contributed by atoms with Crippen molar-refractivity contribution < 1.29 is 27.5 Å². The third-order valence-electron chi connectivity index (χ3n) is 3.25. The summed E-state index contributed by atoms with van der Waals surface area (Å²) in [7, 11) is 0. The van der Waals surface area contributed by atoms with Gasteiger partial charge in [0.15, 0.2) is 4.38 Å². The summed E-state index contributed by atoms with van der Waals surface area (Å²) in [5.41, 5.74) is 0.370. The molecule has 0 bridgehead atoms. The van der Waals surface area contributed by atoms with Crippen LogP contribution in [-0.4, -0.2) is 45.6 Å². The lowest BCUT2D eigenvalue weighted by Crippen LogP contribution is -2.48. The van der Waals surface area contributed by atoms with E-state index in [2.05, 4.69) is 5.10 Å². The van der Waals surface area contributed by atoms with Crippen LogP contribution in [0.25, 0.3) is 0 Å². The second-order valence-corrected chi connectivity index (χ2v) is 7.05. The predicted octanol–water partition coefficient (Wildman–Crippen LogP) is 3.43. The molecule has 10 heteroatoms. The molecular weight excluding hydrogens is 377 g/mol. The van der Waals surface area contributed by atoms with Gasteiger partial charge in [0.2, 0.25) is 0 Å². The molecule has 2 atom stereocenters. The topological polar surface area (TPSA) is 59.0 Å². The Morgan fingerprint density at radius 1 is 1.32 bits per heavy atom. The Bertz CT molecular complexity index is 668. The van der Waals surface area contributed by atoms with E-state index < -0.39 is 29.3 Å². The van der Waals surface area contributed by atoms with Crippen molar-refractivity contribution in [3.63, 3.8) is 0 Å². The summed E-state index contributed by atoms with van der Waals surface area (Å²) in [6.45, 7) is 1.68. The van der Waals surface area contributed by atoms with Crippen LogP contribution in [0, 0.1) is 0 Å². The second kappa shape index (κ2) is 8.13. The first-order valence-electron chi connectivity index (χ1n) is 7.20. The molecule has 0 N–H and O–H groups in total. The van der Waals surface area contributed by atoms with Crippen LogP contribution < -0.4 is 0 Å². The maximum Gasteiger partial charge on any atom is 0.473 e. The van der Waals surface area contributed by atoms with E-state index in [1.54, 1.807) is 43.5 Å². The Kier molecular flexibility index (Phi) is 6.39. The largest absolute Gasteiger partial charge is 0.473 e. The zero-order chi connectivity index (χ0) is 18.6. The van der Waals surface area contributed by atoms with Crippen LogP contribution in [0.4, 0.5) is 13.2 Å². The number of nitrogens with zero attached hydrogens (tertiary/aromatic N) is 2. The van der Waals surface area contributed by atoms with E-state index in [-0.39, 0.29) is 11.0 Å². The number of thioether (sulfide) groups is 2. The highest BCUT2D eigenvalue weighted by Gasteiger charge is 2.51. The summed E-state index contributed by atoms with van der Waals surface area (Å²) < 4.78 is 44.3. The van der Waals surface area contributed by atoms with E-state index in [1.807, 2.05) is 0 Å². The van der Waals surface area contributed by atoms with Crippen LogP contribution in [0.15, 0.2) is 35.4 Å². The second-order valence-electron chi connectivity index (χ2n) is 4.86. The Labute approximate surface area is 151 Å². The summed E-state index contributed by atoms with van der Waals surface area (Å²) in [5, 5.41) is 3.11. The van der Waals surface area contributed by atoms with E-state index in [1.165, 1.54) is 0 Å². The highest BCUT2D eigenvalue weighted by Crippen LogP contribution is 2.41. The van der Waals surface area contributed by atoms with Gasteiger partial charge in [-0.2, -0.15) is 18.3 Å². The number of rotatable bonds is 3. The molecule has 0 radical (unpaired) electrons. The summed E-state index contributed by atoms with van der Waals surface area (Å²) in [6, 6.07) is 6.81. The Hall–Kier alpha value is -1.68. The van der Waals surface area contributed by atoms with Crippen LogP contribution in [0.1, 0.15) is 18.5 Å². The standard InChI is InChI=1S/C15H15F3N2O3S2/c1-3-23-12(21)11-10(9-7-5-4-6-8-9)20(13(22)15(16,17)18)19-14(24-2)25-11/h4-8,10-11H,3H2,1-2H3. The van der Waals surface area contributed by atoms with Crippen molar-refractivity contribution in [3.8, 4) is 0 Å². The fraction of sp³-hybridized carbons (Fsp3) is 0.400. The first-order chi connectivity index (χ1) is 11.8. The highest BCUT2D eigenvalue weighted by atomic mass is 32.2. The molecule has 136 valence electrons. The van der Waals surface area contributed by atoms with E-state index in [9.17, 15) is 22.8 Å². The minimum absolute atomic E-state index is 0.0797. The number of hydrogen-bond donors (Lipinski definition) is 0. The molecule has 1 aliphatic heterocycles. The third-order valence-corrected chi connectivity index (χ3v) is 5.46. The minimum Gasteiger partial charge on any atom is -0.465 e. The molecule has 0 spiro atoms. The summed E-state index contributed by atoms with van der Waals surface area (Å²) in [6.07, 6.45) is -3.51. The molecule has 2 unspecified atom stereocenters. The number of hydrogen-bond acceptors (Lipinski definition) is 6. The average molecular weight is 392 g/mol. The number of carbonyl (C=O) groups is 2. The molecule has 0 saturated heterocycles. The molecule has 2 rings (SSSR count). The van der Waals surface area contributed by atoms with Gasteiger partial charge in [0, 0.05) is 0 Å². The van der Waals surface area contributed by atoms with Crippen molar-refractivity contribution in [2.45, 2.75) is 24.4 Å². The number of esters is 1. The van der Waals surface area contributed by atoms with E-state index >= 15 is 0 Å². The van der Waals surface area contributed by atoms with E-state index in [0.717, 1.165) is 23.5 Å². The lowest BCUT2D eigenvalue weighted by Gasteiger charge is -2.36. The van der Waals surface area contributed by atoms with Gasteiger partial charge >= 0.3 is 18.1 Å². The van der Waals surface area contributed by atoms with E-state index in [4.69, 9.17) is 4.74 Å². The number of hydrazone groups is 1. The molecule has 1 heterocycles. The number of benzene rings is 1. The molecule has 0 aromatic heterocycles. The van der Waals surface area contributed by atoms with Crippen molar-refractivity contribution in [2.75, 3.05) is 12.9 Å². The minimum atomic E-state index is -5.11. The summed E-state index contributed by atoms with van der Waals surface area (Å²) >= 11 is 2.05. The van der Waals surface area contributed by atoms with Crippen molar-refractivity contribution in [1.29, 1.82) is 0 Å². The first-order valence-corrected chi connectivity index (χ1v) is 9.31. The smallest absolute Gasteiger partial charge is 0.465 e. The highest BCUT2D eigenvalue weighted by molar-refractivity contribution is 8.39. The van der Waals surface area contributed by atoms with Gasteiger partial charge < -0.3 is 4.74 Å². The van der Waals surface area contributed by atoms with Crippen molar-refractivity contribution >= 4 is 39.8 Å².